The molecule has 41 heavy (non-hydrogen) atoms. The first-order valence-corrected chi connectivity index (χ1v) is 14.4. The molecule has 1 fully saturated rings. The SMILES string of the molecule is CC.CC.N#Cc1cc(N2CCOCC2)c(C(=N)O/C(N)=N/C2N=C(c3ccccc3)c3ccccc3NC2=O)s1. The molecule has 0 radical (unpaired) electrons. The summed E-state index contributed by atoms with van der Waals surface area (Å²) in [5, 5.41) is 20.8. The number of carbonyl (C=O) groups is 1. The van der Waals surface area contributed by atoms with Gasteiger partial charge in [0.05, 0.1) is 30.3 Å². The van der Waals surface area contributed by atoms with Crippen molar-refractivity contribution in [3.8, 4) is 6.07 Å². The van der Waals surface area contributed by atoms with Gasteiger partial charge < -0.3 is 25.4 Å². The summed E-state index contributed by atoms with van der Waals surface area (Å²) in [5.74, 6) is -0.743. The maximum Gasteiger partial charge on any atom is 0.291 e. The van der Waals surface area contributed by atoms with Crippen LogP contribution in [0.15, 0.2) is 70.6 Å². The molecule has 5 rings (SSSR count). The van der Waals surface area contributed by atoms with E-state index in [1.807, 2.05) is 81.1 Å². The number of fused-ring (bicyclic) bond motifs is 1. The first-order valence-electron chi connectivity index (χ1n) is 13.5. The molecule has 1 atom stereocenters. The highest BCUT2D eigenvalue weighted by molar-refractivity contribution is 7.15. The molecule has 4 N–H and O–H groups in total. The number of nitriles is 1. The van der Waals surface area contributed by atoms with Crippen molar-refractivity contribution in [2.45, 2.75) is 33.9 Å². The Labute approximate surface area is 244 Å². The quantitative estimate of drug-likeness (QED) is 0.296. The number of aliphatic imine (C=N–C) groups is 2. The average molecular weight is 574 g/mol. The van der Waals surface area contributed by atoms with Crippen molar-refractivity contribution in [1.82, 2.24) is 0 Å². The second-order valence-electron chi connectivity index (χ2n) is 8.19. The zero-order chi connectivity index (χ0) is 29.8. The van der Waals surface area contributed by atoms with Crippen LogP contribution >= 0.6 is 11.3 Å². The van der Waals surface area contributed by atoms with Gasteiger partial charge in [0.2, 0.25) is 12.1 Å². The molecule has 2 aromatic carbocycles. The van der Waals surface area contributed by atoms with Gasteiger partial charge in [0.25, 0.3) is 11.9 Å². The number of nitrogens with two attached hydrogens (primary N) is 1. The molecule has 1 aromatic heterocycles. The number of carbonyl (C=O) groups excluding carboxylic acids is 1. The van der Waals surface area contributed by atoms with Gasteiger partial charge in [-0.25, -0.2) is 4.99 Å². The lowest BCUT2D eigenvalue weighted by molar-refractivity contribution is -0.117. The van der Waals surface area contributed by atoms with Crippen LogP contribution in [0.1, 0.15) is 48.6 Å². The second-order valence-corrected chi connectivity index (χ2v) is 9.24. The molecular formula is C30H35N7O3S. The van der Waals surface area contributed by atoms with Crippen LogP contribution in [0.5, 0.6) is 0 Å². The van der Waals surface area contributed by atoms with E-state index >= 15 is 0 Å². The molecule has 11 heteroatoms. The Morgan fingerprint density at radius 1 is 1.15 bits per heavy atom. The molecular weight excluding hydrogens is 538 g/mol. The third-order valence-electron chi connectivity index (χ3n) is 5.81. The van der Waals surface area contributed by atoms with Gasteiger partial charge in [-0.3, -0.25) is 10.2 Å². The Bertz CT molecular complexity index is 1440. The van der Waals surface area contributed by atoms with Crippen molar-refractivity contribution in [2.24, 2.45) is 15.7 Å². The van der Waals surface area contributed by atoms with E-state index in [1.54, 1.807) is 12.1 Å². The fourth-order valence-corrected chi connectivity index (χ4v) is 4.96. The van der Waals surface area contributed by atoms with Gasteiger partial charge in [-0.2, -0.15) is 10.3 Å². The number of nitrogens with zero attached hydrogens (tertiary/aromatic N) is 4. The first-order chi connectivity index (χ1) is 20.0. The lowest BCUT2D eigenvalue weighted by Crippen LogP contribution is -2.37. The fourth-order valence-electron chi connectivity index (χ4n) is 4.10. The highest BCUT2D eigenvalue weighted by Gasteiger charge is 2.27. The molecule has 3 heterocycles. The van der Waals surface area contributed by atoms with Crippen molar-refractivity contribution < 1.29 is 14.3 Å². The zero-order valence-electron chi connectivity index (χ0n) is 23.7. The summed E-state index contributed by atoms with van der Waals surface area (Å²) in [6.07, 6.45) is -1.23. The Hall–Kier alpha value is -4.53. The van der Waals surface area contributed by atoms with Crippen LogP contribution in [-0.2, 0) is 14.3 Å². The molecule has 0 bridgehead atoms. The molecule has 0 saturated carbocycles. The standard InChI is InChI=1S/C26H23N7O3S.2C2H6/c27-15-17-14-20(33-10-12-35-13-11-33)22(37-17)23(28)36-26(29)32-24-25(34)30-19-9-5-4-8-18(19)21(31-24)16-6-2-1-3-7-16;2*1-2/h1-9,14,24,28H,10-13H2,(H2,29,32)(H,30,34);2*1-2H3. The molecule has 214 valence electrons. The van der Waals surface area contributed by atoms with Crippen LogP contribution in [0.25, 0.3) is 0 Å². The van der Waals surface area contributed by atoms with Gasteiger partial charge in [-0.05, 0) is 12.1 Å². The maximum absolute atomic E-state index is 13.0. The Balaban J connectivity index is 0.00000111. The number of thiophene rings is 1. The van der Waals surface area contributed by atoms with Gasteiger partial charge in [0.1, 0.15) is 15.8 Å². The monoisotopic (exact) mass is 573 g/mol. The maximum atomic E-state index is 13.0. The minimum atomic E-state index is -1.23. The lowest BCUT2D eigenvalue weighted by Gasteiger charge is -2.28. The molecule has 1 amide bonds. The van der Waals surface area contributed by atoms with Crippen molar-refractivity contribution in [3.05, 3.63) is 81.5 Å². The Kier molecular flexibility index (Phi) is 11.6. The molecule has 2 aliphatic heterocycles. The van der Waals surface area contributed by atoms with E-state index in [4.69, 9.17) is 20.6 Å². The van der Waals surface area contributed by atoms with E-state index in [-0.39, 0.29) is 11.9 Å². The second kappa shape index (κ2) is 15.3. The molecule has 2 aliphatic rings. The predicted molar refractivity (Wildman–Crippen MR) is 165 cm³/mol. The molecule has 3 aromatic rings. The first kappa shape index (κ1) is 31.0. The number of rotatable bonds is 4. The minimum Gasteiger partial charge on any atom is -0.406 e. The normalized spacial score (nSPS) is 16.2. The van der Waals surface area contributed by atoms with Gasteiger partial charge in [0, 0.05) is 24.2 Å². The zero-order valence-corrected chi connectivity index (χ0v) is 24.5. The van der Waals surface area contributed by atoms with E-state index in [0.29, 0.717) is 53.1 Å². The summed E-state index contributed by atoms with van der Waals surface area (Å²) < 4.78 is 11.0. The van der Waals surface area contributed by atoms with E-state index in [9.17, 15) is 10.1 Å². The van der Waals surface area contributed by atoms with Crippen LogP contribution in [0.2, 0.25) is 0 Å². The third-order valence-corrected chi connectivity index (χ3v) is 6.84. The highest BCUT2D eigenvalue weighted by Crippen LogP contribution is 2.31. The lowest BCUT2D eigenvalue weighted by atomic mass is 10.0. The van der Waals surface area contributed by atoms with Crippen LogP contribution in [0.4, 0.5) is 11.4 Å². The largest absolute Gasteiger partial charge is 0.406 e. The van der Waals surface area contributed by atoms with Crippen LogP contribution < -0.4 is 16.0 Å². The van der Waals surface area contributed by atoms with Crippen LogP contribution in [0, 0.1) is 16.7 Å². The number of para-hydroxylation sites is 1. The van der Waals surface area contributed by atoms with Crippen LogP contribution in [0.3, 0.4) is 0 Å². The molecule has 0 spiro atoms. The van der Waals surface area contributed by atoms with Crippen LogP contribution in [-0.4, -0.2) is 56.0 Å². The number of nitrogens with one attached hydrogen (secondary N) is 2. The molecule has 0 aliphatic carbocycles. The van der Waals surface area contributed by atoms with Crippen molar-refractivity contribution in [2.75, 3.05) is 36.5 Å². The van der Waals surface area contributed by atoms with Crippen molar-refractivity contribution >= 4 is 46.2 Å². The number of benzene rings is 2. The van der Waals surface area contributed by atoms with Crippen molar-refractivity contribution in [1.29, 1.82) is 10.7 Å². The third kappa shape index (κ3) is 7.57. The summed E-state index contributed by atoms with van der Waals surface area (Å²) in [5.41, 5.74) is 9.52. The number of anilines is 2. The van der Waals surface area contributed by atoms with E-state index in [2.05, 4.69) is 21.4 Å². The van der Waals surface area contributed by atoms with Gasteiger partial charge in [0.15, 0.2) is 0 Å². The van der Waals surface area contributed by atoms with E-state index in [1.165, 1.54) is 0 Å². The number of hydrogen-bond acceptors (Lipinski definition) is 9. The topological polar surface area (TPSA) is 149 Å². The number of hydrogen-bond donors (Lipinski definition) is 3. The molecule has 1 saturated heterocycles. The summed E-state index contributed by atoms with van der Waals surface area (Å²) in [6.45, 7) is 10.4. The number of morpholine rings is 1. The Morgan fingerprint density at radius 3 is 2.49 bits per heavy atom. The van der Waals surface area contributed by atoms with Gasteiger partial charge >= 0.3 is 0 Å². The Morgan fingerprint density at radius 2 is 1.80 bits per heavy atom. The van der Waals surface area contributed by atoms with Crippen molar-refractivity contribution in [3.63, 3.8) is 0 Å². The number of amides is 1. The number of benzodiazepines with no additional fused rings is 1. The van der Waals surface area contributed by atoms with Gasteiger partial charge in [-0.15, -0.1) is 11.3 Å². The predicted octanol–water partition coefficient (Wildman–Crippen LogP) is 4.98. The number of ether oxygens (including phenoxy) is 2. The van der Waals surface area contributed by atoms with E-state index < -0.39 is 12.1 Å². The smallest absolute Gasteiger partial charge is 0.291 e. The number of amidine groups is 1. The van der Waals surface area contributed by atoms with E-state index in [0.717, 1.165) is 22.5 Å². The summed E-state index contributed by atoms with van der Waals surface area (Å²) in [7, 11) is 0. The minimum absolute atomic E-state index is 0.265. The average Bonchev–Trinajstić information content (AvgIpc) is 3.42. The summed E-state index contributed by atoms with van der Waals surface area (Å²) in [4.78, 5) is 24.8. The molecule has 10 nitrogen and oxygen atoms in total. The van der Waals surface area contributed by atoms with Gasteiger partial charge in [-0.1, -0.05) is 76.2 Å². The summed E-state index contributed by atoms with van der Waals surface area (Å²) >= 11 is 1.13. The summed E-state index contributed by atoms with van der Waals surface area (Å²) in [6, 6.07) is 20.3. The fraction of sp³-hybridized carbons (Fsp3) is 0.300. The highest BCUT2D eigenvalue weighted by atomic mass is 32.1. The molecule has 1 unspecified atom stereocenters.